The summed E-state index contributed by atoms with van der Waals surface area (Å²) in [6.45, 7) is 20.2. The highest BCUT2D eigenvalue weighted by Gasteiger charge is 2.36. The number of aliphatic imine (C=N–C) groups is 4. The van der Waals surface area contributed by atoms with E-state index in [4.69, 9.17) is 0 Å². The normalized spacial score (nSPS) is 19.8. The van der Waals surface area contributed by atoms with Crippen LogP contribution in [0.15, 0.2) is 68.8 Å². The summed E-state index contributed by atoms with van der Waals surface area (Å²) in [7, 11) is 0. The fourth-order valence-electron chi connectivity index (χ4n) is 4.60. The Morgan fingerprint density at radius 3 is 2.69 bits per heavy atom. The average Bonchev–Trinajstić information content (AvgIpc) is 3.27. The lowest BCUT2D eigenvalue weighted by molar-refractivity contribution is 0.318. The number of nitrogens with zero attached hydrogens (tertiary/aromatic N) is 5. The molecule has 0 N–H and O–H groups in total. The molecule has 1 aromatic rings. The molecule has 0 bridgehead atoms. The highest BCUT2D eigenvalue weighted by Crippen LogP contribution is 2.41. The van der Waals surface area contributed by atoms with Crippen LogP contribution in [0, 0.1) is 18.2 Å². The van der Waals surface area contributed by atoms with E-state index >= 15 is 4.39 Å². The third-order valence-electron chi connectivity index (χ3n) is 6.81. The molecule has 1 heterocycles. The largest absolute Gasteiger partial charge is 0.371 e. The van der Waals surface area contributed by atoms with Gasteiger partial charge in [-0.3, -0.25) is 20.0 Å². The van der Waals surface area contributed by atoms with Gasteiger partial charge in [0, 0.05) is 49.2 Å². The van der Waals surface area contributed by atoms with E-state index in [1.54, 1.807) is 30.8 Å². The number of anilines is 1. The zero-order valence-corrected chi connectivity index (χ0v) is 21.6. The fourth-order valence-corrected chi connectivity index (χ4v) is 4.60. The van der Waals surface area contributed by atoms with Crippen molar-refractivity contribution in [2.24, 2.45) is 25.4 Å². The molecule has 1 fully saturated rings. The van der Waals surface area contributed by atoms with Gasteiger partial charge in [0.2, 0.25) is 0 Å². The van der Waals surface area contributed by atoms with Crippen molar-refractivity contribution in [1.82, 2.24) is 0 Å². The monoisotopic (exact) mass is 477 g/mol. The molecule has 0 aliphatic carbocycles. The summed E-state index contributed by atoms with van der Waals surface area (Å²) in [6.07, 6.45) is 14.4. The van der Waals surface area contributed by atoms with Crippen LogP contribution in [0.1, 0.15) is 56.6 Å². The Morgan fingerprint density at radius 1 is 1.23 bits per heavy atom. The molecule has 1 aliphatic heterocycles. The standard InChI is InChI=1S/C29H40FN5/c1-7-10-29(8-2)11-16-35(22-29)28-19-26(18-27(30)24(28)4)23(3)17-25(20-32-6)21-34-15-14-33-13-9-12-31-5/h7,9,12-13,18-21,23H,1,5-6,8,10-11,14-17,22H2,2-4H3/b12-9-,25-20-,33-13?,34-21?. The summed E-state index contributed by atoms with van der Waals surface area (Å²) < 4.78 is 15.0. The van der Waals surface area contributed by atoms with Crippen LogP contribution in [0.3, 0.4) is 0 Å². The Kier molecular flexibility index (Phi) is 11.5. The summed E-state index contributed by atoms with van der Waals surface area (Å²) >= 11 is 0. The Labute approximate surface area is 210 Å². The lowest BCUT2D eigenvalue weighted by atomic mass is 9.81. The molecule has 1 aromatic carbocycles. The zero-order valence-electron chi connectivity index (χ0n) is 21.6. The quantitative estimate of drug-likeness (QED) is 0.166. The summed E-state index contributed by atoms with van der Waals surface area (Å²) in [6, 6.07) is 3.84. The first-order valence-corrected chi connectivity index (χ1v) is 12.3. The average molecular weight is 478 g/mol. The van der Waals surface area contributed by atoms with Crippen LogP contribution in [0.2, 0.25) is 0 Å². The van der Waals surface area contributed by atoms with E-state index in [2.05, 4.69) is 64.8 Å². The van der Waals surface area contributed by atoms with Gasteiger partial charge in [0.15, 0.2) is 0 Å². The summed E-state index contributed by atoms with van der Waals surface area (Å²) in [5.74, 6) is -0.0498. The molecule has 35 heavy (non-hydrogen) atoms. The van der Waals surface area contributed by atoms with Gasteiger partial charge >= 0.3 is 0 Å². The van der Waals surface area contributed by atoms with E-state index in [-0.39, 0.29) is 17.2 Å². The van der Waals surface area contributed by atoms with Crippen molar-refractivity contribution in [2.75, 3.05) is 31.1 Å². The molecule has 6 heteroatoms. The van der Waals surface area contributed by atoms with Gasteiger partial charge in [-0.15, -0.1) is 6.58 Å². The second-order valence-corrected chi connectivity index (χ2v) is 9.27. The first kappa shape index (κ1) is 28.1. The molecule has 0 radical (unpaired) electrons. The molecule has 1 saturated heterocycles. The van der Waals surface area contributed by atoms with Gasteiger partial charge < -0.3 is 4.90 Å². The highest BCUT2D eigenvalue weighted by atomic mass is 19.1. The summed E-state index contributed by atoms with van der Waals surface area (Å²) in [4.78, 5) is 18.6. The van der Waals surface area contributed by atoms with Gasteiger partial charge in [0.1, 0.15) is 5.82 Å². The molecule has 1 aliphatic rings. The Bertz CT molecular complexity index is 991. The van der Waals surface area contributed by atoms with Crippen molar-refractivity contribution in [3.8, 4) is 0 Å². The van der Waals surface area contributed by atoms with Crippen molar-refractivity contribution in [3.63, 3.8) is 0 Å². The van der Waals surface area contributed by atoms with Crippen LogP contribution in [-0.2, 0) is 0 Å². The predicted octanol–water partition coefficient (Wildman–Crippen LogP) is 6.75. The summed E-state index contributed by atoms with van der Waals surface area (Å²) in [5, 5.41) is 0. The van der Waals surface area contributed by atoms with Gasteiger partial charge in [-0.25, -0.2) is 4.39 Å². The van der Waals surface area contributed by atoms with Gasteiger partial charge in [-0.05, 0) is 86.7 Å². The van der Waals surface area contributed by atoms with Crippen LogP contribution in [0.25, 0.3) is 0 Å². The molecule has 0 spiro atoms. The van der Waals surface area contributed by atoms with Gasteiger partial charge in [0.25, 0.3) is 0 Å². The number of halogens is 1. The third kappa shape index (κ3) is 8.23. The number of hydrogen-bond acceptors (Lipinski definition) is 5. The second kappa shape index (κ2) is 14.3. The van der Waals surface area contributed by atoms with Gasteiger partial charge in [-0.1, -0.05) is 19.9 Å². The van der Waals surface area contributed by atoms with Crippen LogP contribution >= 0.6 is 0 Å². The molecule has 5 nitrogen and oxygen atoms in total. The Hall–Kier alpha value is -3.15. The third-order valence-corrected chi connectivity index (χ3v) is 6.81. The lowest BCUT2D eigenvalue weighted by Gasteiger charge is -2.29. The fraction of sp³-hybridized carbons (Fsp3) is 0.448. The molecule has 2 rings (SSSR count). The zero-order chi connectivity index (χ0) is 25.7. The highest BCUT2D eigenvalue weighted by molar-refractivity contribution is 5.79. The number of hydrogen-bond donors (Lipinski definition) is 0. The smallest absolute Gasteiger partial charge is 0.128 e. The van der Waals surface area contributed by atoms with E-state index < -0.39 is 0 Å². The first-order chi connectivity index (χ1) is 16.9. The van der Waals surface area contributed by atoms with E-state index in [9.17, 15) is 0 Å². The molecule has 2 unspecified atom stereocenters. The molecule has 0 saturated carbocycles. The van der Waals surface area contributed by atoms with Crippen molar-refractivity contribution in [3.05, 3.63) is 65.8 Å². The van der Waals surface area contributed by atoms with Crippen molar-refractivity contribution in [1.29, 1.82) is 0 Å². The van der Waals surface area contributed by atoms with Gasteiger partial charge in [0.05, 0.1) is 13.1 Å². The number of benzene rings is 1. The maximum absolute atomic E-state index is 15.0. The maximum atomic E-state index is 15.0. The van der Waals surface area contributed by atoms with E-state index in [0.717, 1.165) is 54.7 Å². The topological polar surface area (TPSA) is 52.7 Å². The van der Waals surface area contributed by atoms with Crippen molar-refractivity contribution >= 4 is 31.6 Å². The minimum atomic E-state index is -0.151. The predicted molar refractivity (Wildman–Crippen MR) is 152 cm³/mol. The van der Waals surface area contributed by atoms with Crippen LogP contribution in [0.5, 0.6) is 0 Å². The van der Waals surface area contributed by atoms with Crippen LogP contribution in [0.4, 0.5) is 10.1 Å². The van der Waals surface area contributed by atoms with E-state index in [1.807, 2.05) is 19.2 Å². The SMILES string of the molecule is C=CCC1(CC)CCN(c2cc(C(C)C/C(C=NCCN=C/C=C\N=C)=C/N=C)cc(F)c2C)C1. The van der Waals surface area contributed by atoms with Crippen LogP contribution in [-0.4, -0.2) is 52.0 Å². The minimum absolute atomic E-state index is 0.101. The number of allylic oxidation sites excluding steroid dienone is 3. The number of rotatable bonds is 14. The van der Waals surface area contributed by atoms with Crippen LogP contribution < -0.4 is 4.90 Å². The van der Waals surface area contributed by atoms with E-state index in [1.165, 1.54) is 0 Å². The van der Waals surface area contributed by atoms with Gasteiger partial charge in [-0.2, -0.15) is 0 Å². The molecular formula is C29H40FN5. The molecular weight excluding hydrogens is 437 g/mol. The molecule has 0 aromatic heterocycles. The second-order valence-electron chi connectivity index (χ2n) is 9.27. The summed E-state index contributed by atoms with van der Waals surface area (Å²) in [5.41, 5.74) is 3.89. The molecule has 2 atom stereocenters. The Morgan fingerprint density at radius 2 is 2.00 bits per heavy atom. The van der Waals surface area contributed by atoms with Crippen molar-refractivity contribution in [2.45, 2.75) is 52.4 Å². The Balaban J connectivity index is 2.12. The lowest BCUT2D eigenvalue weighted by Crippen LogP contribution is -2.27. The maximum Gasteiger partial charge on any atom is 0.128 e. The molecule has 0 amide bonds. The first-order valence-electron chi connectivity index (χ1n) is 12.3. The van der Waals surface area contributed by atoms with E-state index in [0.29, 0.717) is 19.5 Å². The minimum Gasteiger partial charge on any atom is -0.371 e. The molecule has 188 valence electrons. The van der Waals surface area contributed by atoms with Crippen molar-refractivity contribution < 1.29 is 4.39 Å².